The van der Waals surface area contributed by atoms with Crippen LogP contribution in [-0.4, -0.2) is 42.6 Å². The molecule has 0 saturated carbocycles. The molecule has 1 aromatic heterocycles. The van der Waals surface area contributed by atoms with Crippen molar-refractivity contribution in [3.05, 3.63) is 11.3 Å². The standard InChI is InChI=1S/C16H23N5O/c1-17-13-11-4-2-5-12(11)19-15(20-13)21-9-7-16(10-21)6-3-8-18-14(16)22/h2-10H2,1H3,(H,18,22)(H,17,19,20)/t16-/m1/s1. The van der Waals surface area contributed by atoms with E-state index in [1.165, 1.54) is 11.3 Å². The molecule has 1 aliphatic carbocycles. The lowest BCUT2D eigenvalue weighted by Gasteiger charge is -2.32. The second-order valence-corrected chi connectivity index (χ2v) is 6.71. The second-order valence-electron chi connectivity index (χ2n) is 6.71. The first-order chi connectivity index (χ1) is 10.7. The van der Waals surface area contributed by atoms with E-state index in [9.17, 15) is 4.79 Å². The number of anilines is 2. The normalized spacial score (nSPS) is 27.1. The molecule has 22 heavy (non-hydrogen) atoms. The van der Waals surface area contributed by atoms with Crippen LogP contribution in [0.5, 0.6) is 0 Å². The van der Waals surface area contributed by atoms with E-state index >= 15 is 0 Å². The number of carbonyl (C=O) groups excluding carboxylic acids is 1. The van der Waals surface area contributed by atoms with Crippen LogP contribution in [0.15, 0.2) is 0 Å². The van der Waals surface area contributed by atoms with Crippen LogP contribution in [0.3, 0.4) is 0 Å². The van der Waals surface area contributed by atoms with Crippen LogP contribution >= 0.6 is 0 Å². The van der Waals surface area contributed by atoms with Gasteiger partial charge in [-0.3, -0.25) is 4.79 Å². The minimum absolute atomic E-state index is 0.219. The first kappa shape index (κ1) is 13.8. The van der Waals surface area contributed by atoms with Crippen LogP contribution in [0.25, 0.3) is 0 Å². The van der Waals surface area contributed by atoms with Crippen LogP contribution in [-0.2, 0) is 17.6 Å². The van der Waals surface area contributed by atoms with Crippen molar-refractivity contribution < 1.29 is 4.79 Å². The molecule has 1 spiro atoms. The summed E-state index contributed by atoms with van der Waals surface area (Å²) in [5.41, 5.74) is 2.24. The number of aryl methyl sites for hydroxylation is 1. The van der Waals surface area contributed by atoms with Crippen molar-refractivity contribution in [3.63, 3.8) is 0 Å². The quantitative estimate of drug-likeness (QED) is 0.856. The van der Waals surface area contributed by atoms with Gasteiger partial charge in [-0.25, -0.2) is 4.98 Å². The number of hydrogen-bond acceptors (Lipinski definition) is 5. The number of nitrogens with one attached hydrogen (secondary N) is 2. The number of fused-ring (bicyclic) bond motifs is 1. The van der Waals surface area contributed by atoms with Gasteiger partial charge >= 0.3 is 0 Å². The average Bonchev–Trinajstić information content (AvgIpc) is 3.17. The van der Waals surface area contributed by atoms with E-state index < -0.39 is 0 Å². The zero-order chi connectivity index (χ0) is 15.2. The summed E-state index contributed by atoms with van der Waals surface area (Å²) >= 11 is 0. The lowest BCUT2D eigenvalue weighted by molar-refractivity contribution is -0.132. The molecule has 0 aromatic carbocycles. The van der Waals surface area contributed by atoms with E-state index in [1.54, 1.807) is 0 Å². The van der Waals surface area contributed by atoms with E-state index in [0.717, 1.165) is 69.9 Å². The summed E-state index contributed by atoms with van der Waals surface area (Å²) in [5.74, 6) is 1.98. The molecule has 1 atom stereocenters. The molecule has 0 radical (unpaired) electrons. The topological polar surface area (TPSA) is 70.2 Å². The van der Waals surface area contributed by atoms with E-state index in [4.69, 9.17) is 9.97 Å². The lowest BCUT2D eigenvalue weighted by atomic mass is 9.79. The number of nitrogens with zero attached hydrogens (tertiary/aromatic N) is 3. The monoisotopic (exact) mass is 301 g/mol. The van der Waals surface area contributed by atoms with Crippen molar-refractivity contribution in [1.29, 1.82) is 0 Å². The Morgan fingerprint density at radius 1 is 1.23 bits per heavy atom. The molecule has 2 fully saturated rings. The summed E-state index contributed by atoms with van der Waals surface area (Å²) in [6.07, 6.45) is 6.24. The third kappa shape index (κ3) is 2.04. The van der Waals surface area contributed by atoms with Gasteiger partial charge in [-0.05, 0) is 38.5 Å². The summed E-state index contributed by atoms with van der Waals surface area (Å²) in [7, 11) is 1.92. The minimum Gasteiger partial charge on any atom is -0.373 e. The highest BCUT2D eigenvalue weighted by Gasteiger charge is 2.46. The molecule has 1 aromatic rings. The van der Waals surface area contributed by atoms with Crippen molar-refractivity contribution in [2.24, 2.45) is 5.41 Å². The van der Waals surface area contributed by atoms with Crippen LogP contribution < -0.4 is 15.5 Å². The van der Waals surface area contributed by atoms with Gasteiger partial charge in [-0.15, -0.1) is 0 Å². The molecule has 2 aliphatic heterocycles. The van der Waals surface area contributed by atoms with Crippen LogP contribution in [0.1, 0.15) is 36.9 Å². The van der Waals surface area contributed by atoms with E-state index in [1.807, 2.05) is 7.05 Å². The molecule has 2 N–H and O–H groups in total. The zero-order valence-corrected chi connectivity index (χ0v) is 13.1. The molecule has 6 heteroatoms. The van der Waals surface area contributed by atoms with Gasteiger partial charge in [-0.1, -0.05) is 0 Å². The summed E-state index contributed by atoms with van der Waals surface area (Å²) in [4.78, 5) is 24.0. The third-order valence-corrected chi connectivity index (χ3v) is 5.39. The smallest absolute Gasteiger partial charge is 0.228 e. The van der Waals surface area contributed by atoms with Gasteiger partial charge in [0.05, 0.1) is 11.1 Å². The largest absolute Gasteiger partial charge is 0.373 e. The maximum absolute atomic E-state index is 12.3. The first-order valence-corrected chi connectivity index (χ1v) is 8.33. The maximum Gasteiger partial charge on any atom is 0.228 e. The summed E-state index contributed by atoms with van der Waals surface area (Å²) < 4.78 is 0. The third-order valence-electron chi connectivity index (χ3n) is 5.39. The average molecular weight is 301 g/mol. The number of rotatable bonds is 2. The van der Waals surface area contributed by atoms with Crippen LogP contribution in [0.4, 0.5) is 11.8 Å². The number of carbonyl (C=O) groups is 1. The molecule has 3 aliphatic rings. The number of aromatic nitrogens is 2. The lowest BCUT2D eigenvalue weighted by Crippen LogP contribution is -2.47. The Hall–Kier alpha value is -1.85. The van der Waals surface area contributed by atoms with Gasteiger partial charge in [0, 0.05) is 32.2 Å². The maximum atomic E-state index is 12.3. The highest BCUT2D eigenvalue weighted by Crippen LogP contribution is 2.39. The van der Waals surface area contributed by atoms with Gasteiger partial charge in [-0.2, -0.15) is 4.98 Å². The van der Waals surface area contributed by atoms with Gasteiger partial charge in [0.1, 0.15) is 5.82 Å². The Bertz CT molecular complexity index is 617. The zero-order valence-electron chi connectivity index (χ0n) is 13.1. The number of piperidine rings is 1. The predicted octanol–water partition coefficient (Wildman–Crippen LogP) is 1.11. The van der Waals surface area contributed by atoms with Crippen molar-refractivity contribution in [2.45, 2.75) is 38.5 Å². The van der Waals surface area contributed by atoms with Gasteiger partial charge < -0.3 is 15.5 Å². The van der Waals surface area contributed by atoms with Crippen LogP contribution in [0.2, 0.25) is 0 Å². The van der Waals surface area contributed by atoms with Gasteiger partial charge in [0.2, 0.25) is 11.9 Å². The first-order valence-electron chi connectivity index (χ1n) is 8.33. The Balaban J connectivity index is 1.62. The highest BCUT2D eigenvalue weighted by molar-refractivity contribution is 5.84. The van der Waals surface area contributed by atoms with E-state index in [2.05, 4.69) is 15.5 Å². The molecule has 0 unspecified atom stereocenters. The highest BCUT2D eigenvalue weighted by atomic mass is 16.2. The van der Waals surface area contributed by atoms with E-state index in [0.29, 0.717) is 0 Å². The number of hydrogen-bond donors (Lipinski definition) is 2. The predicted molar refractivity (Wildman–Crippen MR) is 85.1 cm³/mol. The Morgan fingerprint density at radius 3 is 2.95 bits per heavy atom. The molecule has 4 rings (SSSR count). The summed E-state index contributed by atoms with van der Waals surface area (Å²) in [6.45, 7) is 2.44. The Labute approximate surface area is 130 Å². The Kier molecular flexibility index (Phi) is 3.20. The van der Waals surface area contributed by atoms with Gasteiger partial charge in [0.15, 0.2) is 0 Å². The molecule has 1 amide bonds. The van der Waals surface area contributed by atoms with Crippen LogP contribution in [0, 0.1) is 5.41 Å². The molecule has 118 valence electrons. The fourth-order valence-electron chi connectivity index (χ4n) is 4.13. The van der Waals surface area contributed by atoms with Crippen molar-refractivity contribution >= 4 is 17.7 Å². The van der Waals surface area contributed by atoms with E-state index in [-0.39, 0.29) is 11.3 Å². The van der Waals surface area contributed by atoms with Gasteiger partial charge in [0.25, 0.3) is 0 Å². The summed E-state index contributed by atoms with van der Waals surface area (Å²) in [6, 6.07) is 0. The molecular weight excluding hydrogens is 278 g/mol. The molecule has 0 bridgehead atoms. The SMILES string of the molecule is CNc1nc(N2CC[C@]3(CCCNC3=O)C2)nc2c1CCC2. The fraction of sp³-hybridized carbons (Fsp3) is 0.688. The molecule has 6 nitrogen and oxygen atoms in total. The van der Waals surface area contributed by atoms with Crippen molar-refractivity contribution in [3.8, 4) is 0 Å². The second kappa shape index (κ2) is 5.11. The fourth-order valence-corrected chi connectivity index (χ4v) is 4.13. The molecular formula is C16H23N5O. The summed E-state index contributed by atoms with van der Waals surface area (Å²) in [5, 5.41) is 6.25. The Morgan fingerprint density at radius 2 is 2.14 bits per heavy atom. The minimum atomic E-state index is -0.222. The molecule has 2 saturated heterocycles. The molecule has 3 heterocycles. The van der Waals surface area contributed by atoms with Crippen molar-refractivity contribution in [2.75, 3.05) is 36.9 Å². The van der Waals surface area contributed by atoms with Crippen molar-refractivity contribution in [1.82, 2.24) is 15.3 Å². The number of amides is 1.